The van der Waals surface area contributed by atoms with E-state index in [0.717, 1.165) is 15.8 Å². The van der Waals surface area contributed by atoms with Crippen LogP contribution >= 0.6 is 11.3 Å². The molecule has 2 aromatic carbocycles. The zero-order valence-electron chi connectivity index (χ0n) is 15.3. The minimum Gasteiger partial charge on any atom is -0.449 e. The first-order valence-corrected chi connectivity index (χ1v) is 9.58. The van der Waals surface area contributed by atoms with Crippen LogP contribution in [0.25, 0.3) is 21.3 Å². The van der Waals surface area contributed by atoms with E-state index in [9.17, 15) is 9.59 Å². The lowest BCUT2D eigenvalue weighted by atomic mass is 10.2. The zero-order chi connectivity index (χ0) is 19.7. The molecule has 0 bridgehead atoms. The number of nitrogens with one attached hydrogen (secondary N) is 1. The second-order valence-electron chi connectivity index (χ2n) is 6.29. The Morgan fingerprint density at radius 3 is 2.96 bits per heavy atom. The van der Waals surface area contributed by atoms with E-state index in [-0.39, 0.29) is 5.56 Å². The quantitative estimate of drug-likeness (QED) is 0.506. The predicted molar refractivity (Wildman–Crippen MR) is 106 cm³/mol. The summed E-state index contributed by atoms with van der Waals surface area (Å²) < 4.78 is 11.6. The molecule has 1 atom stereocenters. The number of carbonyl (C=O) groups is 2. The molecule has 7 nitrogen and oxygen atoms in total. The molecule has 0 fully saturated rings. The lowest BCUT2D eigenvalue weighted by Gasteiger charge is -2.15. The third-order valence-corrected chi connectivity index (χ3v) is 5.20. The molecule has 0 aliphatic carbocycles. The van der Waals surface area contributed by atoms with Crippen LogP contribution < -0.4 is 5.32 Å². The van der Waals surface area contributed by atoms with Crippen molar-refractivity contribution in [1.29, 1.82) is 0 Å². The number of aromatic nitrogens is 2. The van der Waals surface area contributed by atoms with Crippen molar-refractivity contribution >= 4 is 49.7 Å². The van der Waals surface area contributed by atoms with Crippen LogP contribution in [0.15, 0.2) is 47.2 Å². The number of esters is 1. The molecule has 0 saturated heterocycles. The number of carbonyl (C=O) groups excluding carboxylic acids is 2. The van der Waals surface area contributed by atoms with Gasteiger partial charge in [-0.2, -0.15) is 0 Å². The maximum atomic E-state index is 12.6. The predicted octanol–water partition coefficient (Wildman–Crippen LogP) is 4.32. The van der Waals surface area contributed by atoms with Crippen molar-refractivity contribution in [2.75, 3.05) is 5.32 Å². The van der Waals surface area contributed by atoms with Gasteiger partial charge in [-0.15, -0.1) is 0 Å². The van der Waals surface area contributed by atoms with Gasteiger partial charge in [-0.25, -0.2) is 14.8 Å². The molecule has 0 radical (unpaired) electrons. The average molecular weight is 395 g/mol. The van der Waals surface area contributed by atoms with Crippen LogP contribution in [0.3, 0.4) is 0 Å². The number of thiazole rings is 1. The van der Waals surface area contributed by atoms with Crippen LogP contribution in [0, 0.1) is 6.92 Å². The Bertz CT molecular complexity index is 1180. The number of hydrogen-bond acceptors (Lipinski definition) is 7. The van der Waals surface area contributed by atoms with Crippen molar-refractivity contribution in [3.8, 4) is 0 Å². The van der Waals surface area contributed by atoms with Crippen LogP contribution in [0.5, 0.6) is 0 Å². The van der Waals surface area contributed by atoms with Crippen molar-refractivity contribution in [1.82, 2.24) is 9.97 Å². The van der Waals surface area contributed by atoms with Gasteiger partial charge in [0.15, 0.2) is 23.2 Å². The van der Waals surface area contributed by atoms with E-state index in [1.54, 1.807) is 25.1 Å². The Hall–Kier alpha value is -3.26. The molecule has 1 N–H and O–H groups in total. The topological polar surface area (TPSA) is 94.3 Å². The van der Waals surface area contributed by atoms with Crippen LogP contribution in [0.2, 0.25) is 0 Å². The summed E-state index contributed by atoms with van der Waals surface area (Å²) in [6, 6.07) is 10.9. The van der Waals surface area contributed by atoms with Gasteiger partial charge in [-0.05, 0) is 43.2 Å². The van der Waals surface area contributed by atoms with Crippen LogP contribution in [-0.2, 0) is 9.53 Å². The van der Waals surface area contributed by atoms with Gasteiger partial charge in [0.1, 0.15) is 5.52 Å². The summed E-state index contributed by atoms with van der Waals surface area (Å²) in [6.45, 7) is 3.77. The van der Waals surface area contributed by atoms with Crippen molar-refractivity contribution in [2.24, 2.45) is 0 Å². The lowest BCUT2D eigenvalue weighted by molar-refractivity contribution is -0.124. The molecule has 1 amide bonds. The average Bonchev–Trinajstić information content (AvgIpc) is 3.31. The highest BCUT2D eigenvalue weighted by atomic mass is 32.1. The number of para-hydroxylation sites is 1. The van der Waals surface area contributed by atoms with Crippen molar-refractivity contribution in [3.63, 3.8) is 0 Å². The summed E-state index contributed by atoms with van der Waals surface area (Å²) in [4.78, 5) is 33.6. The van der Waals surface area contributed by atoms with E-state index in [0.29, 0.717) is 22.7 Å². The highest BCUT2D eigenvalue weighted by Crippen LogP contribution is 2.27. The second-order valence-corrected chi connectivity index (χ2v) is 7.32. The monoisotopic (exact) mass is 395 g/mol. The highest BCUT2D eigenvalue weighted by molar-refractivity contribution is 7.22. The molecule has 4 aromatic rings. The molecule has 0 spiro atoms. The molecule has 28 heavy (non-hydrogen) atoms. The van der Waals surface area contributed by atoms with Gasteiger partial charge in [-0.3, -0.25) is 10.1 Å². The summed E-state index contributed by atoms with van der Waals surface area (Å²) in [5.41, 5.74) is 3.08. The Balaban J connectivity index is 1.50. The molecule has 0 aliphatic rings. The summed E-state index contributed by atoms with van der Waals surface area (Å²) in [6.07, 6.45) is 0.653. The molecule has 1 unspecified atom stereocenters. The van der Waals surface area contributed by atoms with E-state index in [1.165, 1.54) is 17.7 Å². The Labute approximate surface area is 164 Å². The van der Waals surface area contributed by atoms with E-state index >= 15 is 0 Å². The van der Waals surface area contributed by atoms with Gasteiger partial charge in [0.25, 0.3) is 5.91 Å². The number of anilines is 1. The first-order chi connectivity index (χ1) is 13.5. The van der Waals surface area contributed by atoms with E-state index in [1.807, 2.05) is 25.1 Å². The second kappa shape index (κ2) is 7.40. The smallest absolute Gasteiger partial charge is 0.341 e. The maximum absolute atomic E-state index is 12.6. The van der Waals surface area contributed by atoms with Gasteiger partial charge in [-0.1, -0.05) is 30.4 Å². The van der Waals surface area contributed by atoms with E-state index < -0.39 is 18.0 Å². The number of nitrogens with zero attached hydrogens (tertiary/aromatic N) is 2. The minimum atomic E-state index is -0.941. The first-order valence-electron chi connectivity index (χ1n) is 8.76. The zero-order valence-corrected chi connectivity index (χ0v) is 16.1. The molecule has 142 valence electrons. The largest absolute Gasteiger partial charge is 0.449 e. The van der Waals surface area contributed by atoms with Gasteiger partial charge >= 0.3 is 5.97 Å². The molecular formula is C20H17N3O4S. The van der Waals surface area contributed by atoms with Crippen molar-refractivity contribution < 1.29 is 18.7 Å². The standard InChI is InChI=1S/C20H17N3O4S/c1-3-14(27-19(25)12-5-4-6-15-17(12)21-10-26-15)18(24)23-20-22-13-8-7-11(2)9-16(13)28-20/h4-10,14H,3H2,1-2H3,(H,22,23,24). The van der Waals surface area contributed by atoms with Crippen LogP contribution in [0.4, 0.5) is 5.13 Å². The Morgan fingerprint density at radius 1 is 1.29 bits per heavy atom. The fourth-order valence-corrected chi connectivity index (χ4v) is 3.80. The van der Waals surface area contributed by atoms with Gasteiger partial charge in [0.05, 0.1) is 15.8 Å². The maximum Gasteiger partial charge on any atom is 0.341 e. The van der Waals surface area contributed by atoms with Crippen LogP contribution in [-0.4, -0.2) is 27.9 Å². The molecule has 0 aliphatic heterocycles. The van der Waals surface area contributed by atoms with Gasteiger partial charge < -0.3 is 9.15 Å². The number of oxazole rings is 1. The molecular weight excluding hydrogens is 378 g/mol. The number of aryl methyl sites for hydroxylation is 1. The molecule has 4 rings (SSSR count). The summed E-state index contributed by atoms with van der Waals surface area (Å²) in [7, 11) is 0. The lowest BCUT2D eigenvalue weighted by Crippen LogP contribution is -2.32. The number of rotatable bonds is 5. The number of amides is 1. The van der Waals surface area contributed by atoms with Crippen molar-refractivity contribution in [2.45, 2.75) is 26.4 Å². The summed E-state index contributed by atoms with van der Waals surface area (Å²) in [5, 5.41) is 3.22. The van der Waals surface area contributed by atoms with Crippen molar-refractivity contribution in [3.05, 3.63) is 53.9 Å². The number of fused-ring (bicyclic) bond motifs is 2. The molecule has 0 saturated carbocycles. The summed E-state index contributed by atoms with van der Waals surface area (Å²) in [5.74, 6) is -1.04. The number of ether oxygens (including phenoxy) is 1. The normalized spacial score (nSPS) is 12.2. The molecule has 8 heteroatoms. The number of benzene rings is 2. The molecule has 2 aromatic heterocycles. The third kappa shape index (κ3) is 3.46. The third-order valence-electron chi connectivity index (χ3n) is 4.27. The molecule has 2 heterocycles. The van der Waals surface area contributed by atoms with E-state index in [4.69, 9.17) is 9.15 Å². The highest BCUT2D eigenvalue weighted by Gasteiger charge is 2.24. The van der Waals surface area contributed by atoms with Crippen LogP contribution in [0.1, 0.15) is 29.3 Å². The first kappa shape index (κ1) is 18.1. The Kier molecular flexibility index (Phi) is 4.79. The van der Waals surface area contributed by atoms with E-state index in [2.05, 4.69) is 15.3 Å². The van der Waals surface area contributed by atoms with Gasteiger partial charge in [0, 0.05) is 0 Å². The minimum absolute atomic E-state index is 0.257. The van der Waals surface area contributed by atoms with Gasteiger partial charge in [0.2, 0.25) is 0 Å². The fourth-order valence-electron chi connectivity index (χ4n) is 2.84. The SMILES string of the molecule is CCC(OC(=O)c1cccc2ocnc12)C(=O)Nc1nc2ccc(C)cc2s1. The Morgan fingerprint density at radius 2 is 2.14 bits per heavy atom. The summed E-state index contributed by atoms with van der Waals surface area (Å²) >= 11 is 1.38. The number of hydrogen-bond donors (Lipinski definition) is 1. The fraction of sp³-hybridized carbons (Fsp3) is 0.200.